The minimum atomic E-state index is -0.650. The number of rotatable bonds is 3. The summed E-state index contributed by atoms with van der Waals surface area (Å²) in [6, 6.07) is 10.5. The largest absolute Gasteiger partial charge is 0.486 e. The lowest BCUT2D eigenvalue weighted by Gasteiger charge is -2.18. The summed E-state index contributed by atoms with van der Waals surface area (Å²) in [4.78, 5) is 12.6. The number of ether oxygens (including phenoxy) is 3. The van der Waals surface area contributed by atoms with Crippen LogP contribution in [0.3, 0.4) is 0 Å². The number of halogens is 2. The van der Waals surface area contributed by atoms with Crippen LogP contribution in [0, 0.1) is 12.7 Å². The molecule has 0 amide bonds. The zero-order valence-corrected chi connectivity index (χ0v) is 15.0. The van der Waals surface area contributed by atoms with Crippen molar-refractivity contribution in [2.45, 2.75) is 6.92 Å². The van der Waals surface area contributed by atoms with Gasteiger partial charge in [0.2, 0.25) is 0 Å². The molecule has 1 aliphatic rings. The summed E-state index contributed by atoms with van der Waals surface area (Å²) >= 11 is 6.34. The second-order valence-corrected chi connectivity index (χ2v) is 6.19. The lowest BCUT2D eigenvalue weighted by atomic mass is 10.2. The van der Waals surface area contributed by atoms with E-state index in [1.807, 2.05) is 0 Å². The fourth-order valence-electron chi connectivity index (χ4n) is 2.73. The Hall–Kier alpha value is -3.06. The van der Waals surface area contributed by atoms with Gasteiger partial charge in [0.15, 0.2) is 11.5 Å². The number of aromatic nitrogens is 2. The summed E-state index contributed by atoms with van der Waals surface area (Å²) in [5.74, 6) is 0.379. The van der Waals surface area contributed by atoms with Crippen molar-refractivity contribution in [1.29, 1.82) is 0 Å². The first-order valence-corrected chi connectivity index (χ1v) is 8.53. The molecule has 1 aromatic heterocycles. The third-order valence-corrected chi connectivity index (χ3v) is 4.35. The predicted octanol–water partition coefficient (Wildman–Crippen LogP) is 3.96. The minimum Gasteiger partial charge on any atom is -0.486 e. The molecule has 0 atom stereocenters. The molecule has 0 saturated heterocycles. The van der Waals surface area contributed by atoms with E-state index in [0.29, 0.717) is 41.8 Å². The van der Waals surface area contributed by atoms with Crippen LogP contribution in [-0.4, -0.2) is 29.0 Å². The first kappa shape index (κ1) is 17.4. The van der Waals surface area contributed by atoms with Gasteiger partial charge in [-0.2, -0.15) is 5.10 Å². The normalized spacial score (nSPS) is 12.7. The van der Waals surface area contributed by atoms with Crippen LogP contribution in [-0.2, 0) is 0 Å². The van der Waals surface area contributed by atoms with Gasteiger partial charge in [0.1, 0.15) is 35.5 Å². The lowest BCUT2D eigenvalue weighted by Crippen LogP contribution is -2.15. The molecular weight excluding hydrogens is 375 g/mol. The number of hydrogen-bond acceptors (Lipinski definition) is 5. The zero-order valence-electron chi connectivity index (χ0n) is 14.2. The maximum absolute atomic E-state index is 13.1. The van der Waals surface area contributed by atoms with Crippen LogP contribution in [0.1, 0.15) is 16.1 Å². The van der Waals surface area contributed by atoms with Gasteiger partial charge in [0.25, 0.3) is 0 Å². The van der Waals surface area contributed by atoms with Crippen LogP contribution in [0.15, 0.2) is 42.5 Å². The summed E-state index contributed by atoms with van der Waals surface area (Å²) in [7, 11) is 0. The van der Waals surface area contributed by atoms with Gasteiger partial charge in [0, 0.05) is 6.07 Å². The van der Waals surface area contributed by atoms with E-state index in [4.69, 9.17) is 25.8 Å². The fourth-order valence-corrected chi connectivity index (χ4v) is 3.08. The lowest BCUT2D eigenvalue weighted by molar-refractivity contribution is 0.0733. The molecule has 0 aliphatic carbocycles. The highest BCUT2D eigenvalue weighted by Gasteiger charge is 2.24. The van der Waals surface area contributed by atoms with Gasteiger partial charge in [-0.05, 0) is 43.3 Å². The molecule has 138 valence electrons. The molecule has 0 N–H and O–H groups in total. The Morgan fingerprint density at radius 2 is 1.85 bits per heavy atom. The van der Waals surface area contributed by atoms with Crippen molar-refractivity contribution in [2.75, 3.05) is 13.2 Å². The molecule has 2 heterocycles. The van der Waals surface area contributed by atoms with Gasteiger partial charge in [-0.15, -0.1) is 0 Å². The second-order valence-electron chi connectivity index (χ2n) is 5.83. The molecular formula is C19H14ClFN2O4. The number of hydrogen-bond donors (Lipinski definition) is 0. The number of fused-ring (bicyclic) bond motifs is 1. The summed E-state index contributed by atoms with van der Waals surface area (Å²) in [5.41, 5.74) is 1.06. The van der Waals surface area contributed by atoms with Crippen molar-refractivity contribution in [3.63, 3.8) is 0 Å². The summed E-state index contributed by atoms with van der Waals surface area (Å²) < 4.78 is 30.8. The molecule has 3 aromatic rings. The van der Waals surface area contributed by atoms with E-state index in [1.54, 1.807) is 25.1 Å². The van der Waals surface area contributed by atoms with E-state index >= 15 is 0 Å². The van der Waals surface area contributed by atoms with E-state index in [2.05, 4.69) is 5.10 Å². The van der Waals surface area contributed by atoms with Crippen LogP contribution >= 0.6 is 11.6 Å². The van der Waals surface area contributed by atoms with Gasteiger partial charge in [-0.3, -0.25) is 0 Å². The number of benzene rings is 2. The van der Waals surface area contributed by atoms with Crippen molar-refractivity contribution in [1.82, 2.24) is 9.78 Å². The van der Waals surface area contributed by atoms with Crippen LogP contribution in [0.25, 0.3) is 5.69 Å². The smallest absolute Gasteiger partial charge is 0.348 e. The van der Waals surface area contributed by atoms with Gasteiger partial charge in [-0.1, -0.05) is 11.6 Å². The minimum absolute atomic E-state index is 0.0849. The van der Waals surface area contributed by atoms with Crippen molar-refractivity contribution in [3.05, 3.63) is 64.7 Å². The van der Waals surface area contributed by atoms with Crippen LogP contribution in [0.4, 0.5) is 4.39 Å². The fraction of sp³-hybridized carbons (Fsp3) is 0.158. The monoisotopic (exact) mass is 388 g/mol. The SMILES string of the molecule is Cc1nn(-c2ccc(F)cc2)c(Cl)c1C(=O)Oc1ccc2c(c1)OCCO2. The van der Waals surface area contributed by atoms with Crippen LogP contribution in [0.5, 0.6) is 17.2 Å². The first-order chi connectivity index (χ1) is 13.0. The number of esters is 1. The molecule has 0 bridgehead atoms. The highest BCUT2D eigenvalue weighted by Crippen LogP contribution is 2.34. The molecule has 0 spiro atoms. The van der Waals surface area contributed by atoms with Gasteiger partial charge >= 0.3 is 5.97 Å². The highest BCUT2D eigenvalue weighted by molar-refractivity contribution is 6.33. The predicted molar refractivity (Wildman–Crippen MR) is 95.7 cm³/mol. The van der Waals surface area contributed by atoms with E-state index in [-0.39, 0.29) is 16.5 Å². The maximum atomic E-state index is 13.1. The molecule has 2 aromatic carbocycles. The number of nitrogens with zero attached hydrogens (tertiary/aromatic N) is 2. The van der Waals surface area contributed by atoms with Gasteiger partial charge in [-0.25, -0.2) is 13.9 Å². The zero-order chi connectivity index (χ0) is 19.0. The van der Waals surface area contributed by atoms with Crippen LogP contribution < -0.4 is 14.2 Å². The van der Waals surface area contributed by atoms with Crippen LogP contribution in [0.2, 0.25) is 5.15 Å². The molecule has 0 saturated carbocycles. The standard InChI is InChI=1S/C19H14ClFN2O4/c1-11-17(18(20)23(22-11)13-4-2-12(21)3-5-13)19(24)27-14-6-7-15-16(10-14)26-9-8-25-15/h2-7,10H,8-9H2,1H3. The average Bonchev–Trinajstić information content (AvgIpc) is 2.96. The third-order valence-electron chi connectivity index (χ3n) is 4.00. The van der Waals surface area contributed by atoms with Crippen molar-refractivity contribution in [3.8, 4) is 22.9 Å². The maximum Gasteiger partial charge on any atom is 0.348 e. The molecule has 1 aliphatic heterocycles. The first-order valence-electron chi connectivity index (χ1n) is 8.16. The Morgan fingerprint density at radius 1 is 1.15 bits per heavy atom. The van der Waals surface area contributed by atoms with E-state index < -0.39 is 5.97 Å². The topological polar surface area (TPSA) is 62.6 Å². The van der Waals surface area contributed by atoms with E-state index in [1.165, 1.54) is 28.9 Å². The van der Waals surface area contributed by atoms with Crippen molar-refractivity contribution >= 4 is 17.6 Å². The molecule has 27 heavy (non-hydrogen) atoms. The second kappa shape index (κ2) is 6.92. The Morgan fingerprint density at radius 3 is 2.59 bits per heavy atom. The summed E-state index contributed by atoms with van der Waals surface area (Å²) in [6.07, 6.45) is 0. The van der Waals surface area contributed by atoms with Gasteiger partial charge < -0.3 is 14.2 Å². The average molecular weight is 389 g/mol. The Labute approximate surface area is 159 Å². The van der Waals surface area contributed by atoms with E-state index in [0.717, 1.165) is 0 Å². The Bertz CT molecular complexity index is 1020. The quantitative estimate of drug-likeness (QED) is 0.502. The molecule has 0 radical (unpaired) electrons. The number of carbonyl (C=O) groups excluding carboxylic acids is 1. The Balaban J connectivity index is 1.61. The molecule has 8 heteroatoms. The number of carbonyl (C=O) groups is 1. The summed E-state index contributed by atoms with van der Waals surface area (Å²) in [6.45, 7) is 2.55. The van der Waals surface area contributed by atoms with E-state index in [9.17, 15) is 9.18 Å². The summed E-state index contributed by atoms with van der Waals surface area (Å²) in [5, 5.41) is 4.34. The molecule has 4 rings (SSSR count). The highest BCUT2D eigenvalue weighted by atomic mass is 35.5. The molecule has 6 nitrogen and oxygen atoms in total. The third kappa shape index (κ3) is 3.33. The number of aryl methyl sites for hydroxylation is 1. The van der Waals surface area contributed by atoms with Crippen molar-refractivity contribution < 1.29 is 23.4 Å². The molecule has 0 unspecified atom stereocenters. The van der Waals surface area contributed by atoms with Gasteiger partial charge in [0.05, 0.1) is 11.4 Å². The van der Waals surface area contributed by atoms with Crippen molar-refractivity contribution in [2.24, 2.45) is 0 Å². The molecule has 0 fully saturated rings. The Kier molecular flexibility index (Phi) is 4.45.